The number of amides is 1. The van der Waals surface area contributed by atoms with E-state index in [9.17, 15) is 4.79 Å². The minimum Gasteiger partial charge on any atom is -0.496 e. The van der Waals surface area contributed by atoms with Crippen molar-refractivity contribution in [3.63, 3.8) is 0 Å². The van der Waals surface area contributed by atoms with Crippen molar-refractivity contribution in [3.8, 4) is 5.75 Å². The highest BCUT2D eigenvalue weighted by Crippen LogP contribution is 2.34. The van der Waals surface area contributed by atoms with Crippen LogP contribution in [0.4, 0.5) is 5.95 Å². The van der Waals surface area contributed by atoms with Gasteiger partial charge in [-0.05, 0) is 26.7 Å². The van der Waals surface area contributed by atoms with Crippen LogP contribution >= 0.6 is 11.8 Å². The molecule has 2 atom stereocenters. The molecule has 0 aromatic carbocycles. The highest BCUT2D eigenvalue weighted by atomic mass is 32.2. The van der Waals surface area contributed by atoms with E-state index < -0.39 is 0 Å². The van der Waals surface area contributed by atoms with Gasteiger partial charge in [0.15, 0.2) is 5.65 Å². The van der Waals surface area contributed by atoms with Crippen LogP contribution in [-0.4, -0.2) is 62.1 Å². The summed E-state index contributed by atoms with van der Waals surface area (Å²) in [5.41, 5.74) is 10.5. The smallest absolute Gasteiger partial charge is 0.237 e. The first kappa shape index (κ1) is 21.9. The molecular weight excluding hydrogens is 440 g/mol. The van der Waals surface area contributed by atoms with Crippen LogP contribution in [0.5, 0.6) is 5.75 Å². The summed E-state index contributed by atoms with van der Waals surface area (Å²) in [6, 6.07) is -0.0867. The van der Waals surface area contributed by atoms with Crippen molar-refractivity contribution in [1.82, 2.24) is 35.4 Å². The first-order valence-corrected chi connectivity index (χ1v) is 12.1. The number of aromatic nitrogens is 5. The Morgan fingerprint density at radius 3 is 3.00 bits per heavy atom. The molecule has 0 saturated carbocycles. The predicted octanol–water partition coefficient (Wildman–Crippen LogP) is 1.36. The number of carbonyl (C=O) groups is 1. The molecule has 1 unspecified atom stereocenters. The third kappa shape index (κ3) is 4.10. The third-order valence-corrected chi connectivity index (χ3v) is 7.42. The average Bonchev–Trinajstić information content (AvgIpc) is 3.02. The Kier molecular flexibility index (Phi) is 5.83. The fraction of sp³-hybridized carbons (Fsp3) is 0.500. The van der Waals surface area contributed by atoms with E-state index in [1.165, 1.54) is 0 Å². The van der Waals surface area contributed by atoms with Crippen LogP contribution < -0.4 is 21.1 Å². The van der Waals surface area contributed by atoms with E-state index in [0.29, 0.717) is 18.6 Å². The lowest BCUT2D eigenvalue weighted by Gasteiger charge is -2.27. The molecular formula is C22H28N8O2S. The molecule has 4 N–H and O–H groups in total. The van der Waals surface area contributed by atoms with Gasteiger partial charge in [0.05, 0.1) is 36.5 Å². The molecule has 0 aliphatic carbocycles. The van der Waals surface area contributed by atoms with Gasteiger partial charge in [0.1, 0.15) is 10.8 Å². The molecule has 0 spiro atoms. The molecule has 1 fully saturated rings. The first-order valence-electron chi connectivity index (χ1n) is 11.1. The van der Waals surface area contributed by atoms with Gasteiger partial charge in [-0.3, -0.25) is 9.78 Å². The minimum absolute atomic E-state index is 0.0718. The van der Waals surface area contributed by atoms with Gasteiger partial charge in [0, 0.05) is 42.1 Å². The highest BCUT2D eigenvalue weighted by Gasteiger charge is 2.30. The predicted molar refractivity (Wildman–Crippen MR) is 126 cm³/mol. The van der Waals surface area contributed by atoms with Crippen molar-refractivity contribution in [2.45, 2.75) is 56.8 Å². The summed E-state index contributed by atoms with van der Waals surface area (Å²) in [6.07, 6.45) is 4.33. The second-order valence-corrected chi connectivity index (χ2v) is 9.61. The Bertz CT molecular complexity index is 1230. The Labute approximate surface area is 196 Å². The van der Waals surface area contributed by atoms with Gasteiger partial charge in [-0.1, -0.05) is 0 Å². The van der Waals surface area contributed by atoms with Gasteiger partial charge in [-0.15, -0.1) is 11.8 Å². The molecule has 33 heavy (non-hydrogen) atoms. The average molecular weight is 469 g/mol. The standard InChI is InChI=1S/C22H28N8O2S/c1-11-8-25-16(12(2)18(11)32-3)9-30-19-17-15(29-30)7-13(10-33-21(17)28-22(23)27-19)26-14-5-4-6-24-20(14)31/h8,13-14,26H,4-7,9-10H2,1-3H3,(H,24,31)(H2,23,27,28)/t13?,14-/m0/s1. The Hall–Kier alpha value is -2.92. The number of nitrogens with zero attached hydrogens (tertiary/aromatic N) is 5. The lowest BCUT2D eigenvalue weighted by Crippen LogP contribution is -2.52. The van der Waals surface area contributed by atoms with E-state index in [2.05, 4.69) is 25.6 Å². The molecule has 2 aliphatic rings. The molecule has 3 aromatic heterocycles. The number of ether oxygens (including phenoxy) is 1. The summed E-state index contributed by atoms with van der Waals surface area (Å²) >= 11 is 1.63. The molecule has 1 saturated heterocycles. The van der Waals surface area contributed by atoms with E-state index in [-0.39, 0.29) is 23.9 Å². The highest BCUT2D eigenvalue weighted by molar-refractivity contribution is 7.99. The maximum absolute atomic E-state index is 12.3. The second kappa shape index (κ2) is 8.79. The van der Waals surface area contributed by atoms with Crippen molar-refractivity contribution in [2.24, 2.45) is 0 Å². The maximum atomic E-state index is 12.3. The van der Waals surface area contributed by atoms with Crippen molar-refractivity contribution < 1.29 is 9.53 Å². The van der Waals surface area contributed by atoms with Crippen LogP contribution in [0, 0.1) is 13.8 Å². The first-order chi connectivity index (χ1) is 15.9. The number of carbonyl (C=O) groups excluding carboxylic acids is 1. The van der Waals surface area contributed by atoms with E-state index in [1.807, 2.05) is 24.7 Å². The van der Waals surface area contributed by atoms with Gasteiger partial charge < -0.3 is 21.1 Å². The molecule has 2 aliphatic heterocycles. The molecule has 3 aromatic rings. The second-order valence-electron chi connectivity index (χ2n) is 8.60. The number of rotatable bonds is 5. The van der Waals surface area contributed by atoms with Crippen LogP contribution in [0.3, 0.4) is 0 Å². The summed E-state index contributed by atoms with van der Waals surface area (Å²) in [5, 5.41) is 13.2. The number of hydrogen-bond donors (Lipinski definition) is 3. The summed E-state index contributed by atoms with van der Waals surface area (Å²) in [7, 11) is 1.67. The molecule has 174 valence electrons. The number of aryl methyl sites for hydroxylation is 1. The number of thioether (sulfide) groups is 1. The number of pyridine rings is 1. The number of piperidine rings is 1. The summed E-state index contributed by atoms with van der Waals surface area (Å²) in [4.78, 5) is 25.9. The van der Waals surface area contributed by atoms with Gasteiger partial charge in [-0.2, -0.15) is 10.1 Å². The minimum atomic E-state index is -0.175. The molecule has 10 nitrogen and oxygen atoms in total. The van der Waals surface area contributed by atoms with E-state index in [1.54, 1.807) is 18.9 Å². The zero-order valence-corrected chi connectivity index (χ0v) is 19.8. The monoisotopic (exact) mass is 468 g/mol. The number of anilines is 1. The molecule has 11 heteroatoms. The van der Waals surface area contributed by atoms with E-state index >= 15 is 0 Å². The summed E-state index contributed by atoms with van der Waals surface area (Å²) in [5.74, 6) is 1.91. The van der Waals surface area contributed by atoms with Crippen LogP contribution in [0.25, 0.3) is 11.0 Å². The largest absolute Gasteiger partial charge is 0.496 e. The molecule has 0 bridgehead atoms. The van der Waals surface area contributed by atoms with Gasteiger partial charge >= 0.3 is 0 Å². The van der Waals surface area contributed by atoms with Gasteiger partial charge in [0.25, 0.3) is 0 Å². The molecule has 5 heterocycles. The van der Waals surface area contributed by atoms with Crippen LogP contribution in [0.2, 0.25) is 0 Å². The van der Waals surface area contributed by atoms with Crippen molar-refractivity contribution >= 4 is 34.7 Å². The summed E-state index contributed by atoms with van der Waals surface area (Å²) in [6.45, 7) is 5.18. The zero-order chi connectivity index (χ0) is 23.1. The SMILES string of the molecule is COc1c(C)cnc(Cn2nc3c4c(nc(N)nc42)SCC(N[C@H]2CCCNC2=O)C3)c1C. The van der Waals surface area contributed by atoms with Gasteiger partial charge in [-0.25, -0.2) is 9.67 Å². The van der Waals surface area contributed by atoms with Gasteiger partial charge in [0.2, 0.25) is 11.9 Å². The van der Waals surface area contributed by atoms with Crippen molar-refractivity contribution in [2.75, 3.05) is 25.1 Å². The molecule has 5 rings (SSSR count). The number of nitrogen functional groups attached to an aromatic ring is 1. The lowest BCUT2D eigenvalue weighted by molar-refractivity contribution is -0.124. The fourth-order valence-electron chi connectivity index (χ4n) is 4.65. The fourth-order valence-corrected chi connectivity index (χ4v) is 5.74. The Balaban J connectivity index is 1.49. The van der Waals surface area contributed by atoms with Crippen LogP contribution in [-0.2, 0) is 17.8 Å². The van der Waals surface area contributed by atoms with Crippen molar-refractivity contribution in [1.29, 1.82) is 0 Å². The zero-order valence-electron chi connectivity index (χ0n) is 19.0. The number of nitrogens with two attached hydrogens (primary N) is 1. The normalized spacial score (nSPS) is 20.5. The van der Waals surface area contributed by atoms with E-state index in [4.69, 9.17) is 15.6 Å². The topological polar surface area (TPSA) is 133 Å². The maximum Gasteiger partial charge on any atom is 0.237 e. The van der Waals surface area contributed by atoms with Crippen LogP contribution in [0.1, 0.15) is 35.4 Å². The Morgan fingerprint density at radius 2 is 2.21 bits per heavy atom. The molecule has 1 amide bonds. The molecule has 0 radical (unpaired) electrons. The van der Waals surface area contributed by atoms with Crippen molar-refractivity contribution in [3.05, 3.63) is 28.7 Å². The lowest BCUT2D eigenvalue weighted by atomic mass is 10.0. The number of methoxy groups -OCH3 is 1. The number of nitrogens with one attached hydrogen (secondary N) is 2. The van der Waals surface area contributed by atoms with Crippen LogP contribution in [0.15, 0.2) is 11.2 Å². The summed E-state index contributed by atoms with van der Waals surface area (Å²) < 4.78 is 7.42. The Morgan fingerprint density at radius 1 is 1.36 bits per heavy atom. The quantitative estimate of drug-likeness (QED) is 0.475. The third-order valence-electron chi connectivity index (χ3n) is 6.28. The number of hydrogen-bond acceptors (Lipinski definition) is 9. The van der Waals surface area contributed by atoms with E-state index in [0.717, 1.165) is 63.8 Å².